The van der Waals surface area contributed by atoms with Crippen LogP contribution in [0.15, 0.2) is 30.9 Å². The minimum absolute atomic E-state index is 0.00959. The van der Waals surface area contributed by atoms with Gasteiger partial charge < -0.3 is 5.32 Å². The van der Waals surface area contributed by atoms with Crippen molar-refractivity contribution in [3.63, 3.8) is 0 Å². The Morgan fingerprint density at radius 1 is 1.56 bits per heavy atom. The van der Waals surface area contributed by atoms with Gasteiger partial charge in [0.2, 0.25) is 0 Å². The zero-order valence-electron chi connectivity index (χ0n) is 8.80. The molecule has 0 atom stereocenters. The second-order valence-corrected chi connectivity index (χ2v) is 3.78. The van der Waals surface area contributed by atoms with Crippen LogP contribution in [-0.2, 0) is 11.2 Å². The molecule has 0 fully saturated rings. The van der Waals surface area contributed by atoms with Gasteiger partial charge in [-0.15, -0.1) is 6.58 Å². The van der Waals surface area contributed by atoms with E-state index in [4.69, 9.17) is 11.6 Å². The second-order valence-electron chi connectivity index (χ2n) is 3.37. The first-order chi connectivity index (χ1) is 7.63. The molecule has 0 amide bonds. The fraction of sp³-hybridized carbons (Fsp3) is 0.250. The highest BCUT2D eigenvalue weighted by Gasteiger charge is 2.07. The van der Waals surface area contributed by atoms with Gasteiger partial charge in [0.1, 0.15) is 5.82 Å². The Kier molecular flexibility index (Phi) is 5.15. The molecule has 0 aliphatic carbocycles. The largest absolute Gasteiger partial charge is 0.307 e. The van der Waals surface area contributed by atoms with Crippen LogP contribution in [-0.4, -0.2) is 18.9 Å². The van der Waals surface area contributed by atoms with Crippen molar-refractivity contribution in [2.75, 3.05) is 13.1 Å². The van der Waals surface area contributed by atoms with Crippen molar-refractivity contribution in [2.45, 2.75) is 6.42 Å². The lowest BCUT2D eigenvalue weighted by atomic mass is 10.1. The summed E-state index contributed by atoms with van der Waals surface area (Å²) in [5.41, 5.74) is 0.647. The van der Waals surface area contributed by atoms with Crippen molar-refractivity contribution in [2.24, 2.45) is 0 Å². The van der Waals surface area contributed by atoms with E-state index in [1.807, 2.05) is 0 Å². The summed E-state index contributed by atoms with van der Waals surface area (Å²) < 4.78 is 12.7. The molecule has 0 aromatic heterocycles. The summed E-state index contributed by atoms with van der Waals surface area (Å²) in [5, 5.41) is 3.19. The van der Waals surface area contributed by atoms with Crippen LogP contribution in [0, 0.1) is 5.82 Å². The minimum atomic E-state index is -0.397. The summed E-state index contributed by atoms with van der Waals surface area (Å²) in [6.45, 7) is 4.38. The molecule has 86 valence electrons. The van der Waals surface area contributed by atoms with Gasteiger partial charge in [-0.05, 0) is 17.7 Å². The first-order valence-electron chi connectivity index (χ1n) is 4.90. The highest BCUT2D eigenvalue weighted by atomic mass is 35.5. The molecule has 2 nitrogen and oxygen atoms in total. The average molecular weight is 242 g/mol. The van der Waals surface area contributed by atoms with Crippen LogP contribution in [0.2, 0.25) is 5.02 Å². The van der Waals surface area contributed by atoms with E-state index in [-0.39, 0.29) is 23.8 Å². The number of rotatable bonds is 6. The molecule has 0 unspecified atom stereocenters. The molecule has 4 heteroatoms. The summed E-state index contributed by atoms with van der Waals surface area (Å²) in [7, 11) is 0. The van der Waals surface area contributed by atoms with E-state index in [0.717, 1.165) is 0 Å². The standard InChI is InChI=1S/C12H13ClFNO/c1-2-5-15-8-11(16)6-9-3-4-10(14)7-12(9)13/h2-4,7,15H,1,5-6,8H2. The van der Waals surface area contributed by atoms with Gasteiger partial charge in [0, 0.05) is 18.0 Å². The summed E-state index contributed by atoms with van der Waals surface area (Å²) in [6.07, 6.45) is 1.89. The maximum Gasteiger partial charge on any atom is 0.151 e. The summed E-state index contributed by atoms with van der Waals surface area (Å²) >= 11 is 5.81. The lowest BCUT2D eigenvalue weighted by Crippen LogP contribution is -2.24. The molecule has 0 heterocycles. The normalized spacial score (nSPS) is 10.1. The number of hydrogen-bond acceptors (Lipinski definition) is 2. The second kappa shape index (κ2) is 6.40. The molecule has 0 aliphatic heterocycles. The molecule has 0 aliphatic rings. The van der Waals surface area contributed by atoms with E-state index < -0.39 is 5.82 Å². The third kappa shape index (κ3) is 4.13. The van der Waals surface area contributed by atoms with Gasteiger partial charge in [-0.1, -0.05) is 23.7 Å². The molecule has 0 spiro atoms. The number of ketones is 1. The fourth-order valence-corrected chi connectivity index (χ4v) is 1.49. The zero-order chi connectivity index (χ0) is 12.0. The first kappa shape index (κ1) is 12.9. The van der Waals surface area contributed by atoms with E-state index in [1.54, 1.807) is 6.08 Å². The number of nitrogens with one attached hydrogen (secondary N) is 1. The van der Waals surface area contributed by atoms with Crippen molar-refractivity contribution in [1.29, 1.82) is 0 Å². The Bertz CT molecular complexity index is 393. The van der Waals surface area contributed by atoms with Gasteiger partial charge in [-0.2, -0.15) is 0 Å². The maximum absolute atomic E-state index is 12.7. The van der Waals surface area contributed by atoms with Crippen LogP contribution in [0.4, 0.5) is 4.39 Å². The molecule has 1 aromatic rings. The molecule has 0 bridgehead atoms. The van der Waals surface area contributed by atoms with Gasteiger partial charge in [-0.3, -0.25) is 4.79 Å². The van der Waals surface area contributed by atoms with Crippen LogP contribution in [0.25, 0.3) is 0 Å². The number of halogens is 2. The predicted octanol–water partition coefficient (Wildman–Crippen LogP) is 2.37. The van der Waals surface area contributed by atoms with Crippen LogP contribution in [0.1, 0.15) is 5.56 Å². The quantitative estimate of drug-likeness (QED) is 0.612. The van der Waals surface area contributed by atoms with E-state index in [2.05, 4.69) is 11.9 Å². The molecule has 0 saturated carbocycles. The molecular weight excluding hydrogens is 229 g/mol. The van der Waals surface area contributed by atoms with Gasteiger partial charge in [0.25, 0.3) is 0 Å². The van der Waals surface area contributed by atoms with Crippen LogP contribution in [0.3, 0.4) is 0 Å². The first-order valence-corrected chi connectivity index (χ1v) is 5.28. The Labute approximate surface area is 99.1 Å². The number of carbonyl (C=O) groups is 1. The Balaban J connectivity index is 2.52. The van der Waals surface area contributed by atoms with Crippen LogP contribution in [0.5, 0.6) is 0 Å². The average Bonchev–Trinajstić information content (AvgIpc) is 2.23. The predicted molar refractivity (Wildman–Crippen MR) is 63.2 cm³/mol. The van der Waals surface area contributed by atoms with Gasteiger partial charge in [0.05, 0.1) is 6.54 Å². The topological polar surface area (TPSA) is 29.1 Å². The van der Waals surface area contributed by atoms with Crippen molar-refractivity contribution < 1.29 is 9.18 Å². The Morgan fingerprint density at radius 3 is 2.94 bits per heavy atom. The number of hydrogen-bond donors (Lipinski definition) is 1. The number of benzene rings is 1. The van der Waals surface area contributed by atoms with Crippen molar-refractivity contribution >= 4 is 17.4 Å². The molecule has 1 aromatic carbocycles. The summed E-state index contributed by atoms with van der Waals surface area (Å²) in [5.74, 6) is -0.388. The summed E-state index contributed by atoms with van der Waals surface area (Å²) in [4.78, 5) is 11.5. The van der Waals surface area contributed by atoms with E-state index >= 15 is 0 Å². The van der Waals surface area contributed by atoms with Crippen molar-refractivity contribution in [1.82, 2.24) is 5.32 Å². The van der Waals surface area contributed by atoms with Gasteiger partial charge in [-0.25, -0.2) is 4.39 Å². The third-order valence-electron chi connectivity index (χ3n) is 2.01. The lowest BCUT2D eigenvalue weighted by molar-refractivity contribution is -0.117. The minimum Gasteiger partial charge on any atom is -0.307 e. The molecule has 1 rings (SSSR count). The number of Topliss-reactive ketones (excluding diaryl/α,β-unsaturated/α-hetero) is 1. The Morgan fingerprint density at radius 2 is 2.31 bits per heavy atom. The van der Waals surface area contributed by atoms with Crippen LogP contribution >= 0.6 is 11.6 Å². The SMILES string of the molecule is C=CCNCC(=O)Cc1ccc(F)cc1Cl. The monoisotopic (exact) mass is 241 g/mol. The highest BCUT2D eigenvalue weighted by molar-refractivity contribution is 6.31. The van der Waals surface area contributed by atoms with Crippen LogP contribution < -0.4 is 5.32 Å². The lowest BCUT2D eigenvalue weighted by Gasteiger charge is -2.04. The fourth-order valence-electron chi connectivity index (χ4n) is 1.25. The molecular formula is C12H13ClFNO. The highest BCUT2D eigenvalue weighted by Crippen LogP contribution is 2.17. The zero-order valence-corrected chi connectivity index (χ0v) is 9.56. The molecule has 1 N–H and O–H groups in total. The molecule has 16 heavy (non-hydrogen) atoms. The van der Waals surface area contributed by atoms with Gasteiger partial charge >= 0.3 is 0 Å². The smallest absolute Gasteiger partial charge is 0.151 e. The van der Waals surface area contributed by atoms with E-state index in [0.29, 0.717) is 12.1 Å². The van der Waals surface area contributed by atoms with Gasteiger partial charge in [0.15, 0.2) is 5.78 Å². The van der Waals surface area contributed by atoms with E-state index in [1.165, 1.54) is 18.2 Å². The molecule has 0 radical (unpaired) electrons. The Hall–Kier alpha value is -1.19. The van der Waals surface area contributed by atoms with E-state index in [9.17, 15) is 9.18 Å². The van der Waals surface area contributed by atoms with Crippen molar-refractivity contribution in [3.8, 4) is 0 Å². The maximum atomic E-state index is 12.7. The summed E-state index contributed by atoms with van der Waals surface area (Å²) in [6, 6.07) is 4.04. The number of carbonyl (C=O) groups excluding carboxylic acids is 1. The molecule has 0 saturated heterocycles. The van der Waals surface area contributed by atoms with Crippen molar-refractivity contribution in [3.05, 3.63) is 47.3 Å². The third-order valence-corrected chi connectivity index (χ3v) is 2.37.